The van der Waals surface area contributed by atoms with Crippen molar-refractivity contribution in [3.05, 3.63) is 40.8 Å². The number of nitrogens with two attached hydrogens (primary N) is 1. The van der Waals surface area contributed by atoms with E-state index in [0.29, 0.717) is 48.2 Å². The summed E-state index contributed by atoms with van der Waals surface area (Å²) in [6.07, 6.45) is 2.30. The van der Waals surface area contributed by atoms with Gasteiger partial charge in [-0.2, -0.15) is 0 Å². The Morgan fingerprint density at radius 2 is 2.10 bits per heavy atom. The number of nitrogens with one attached hydrogen (secondary N) is 1. The van der Waals surface area contributed by atoms with Crippen LogP contribution in [0.15, 0.2) is 24.4 Å². The van der Waals surface area contributed by atoms with E-state index < -0.39 is 11.7 Å². The van der Waals surface area contributed by atoms with Gasteiger partial charge in [0.15, 0.2) is 5.82 Å². The Hall–Kier alpha value is -2.84. The maximum absolute atomic E-state index is 11.1. The number of fused-ring (bicyclic) bond motifs is 1. The first kappa shape index (κ1) is 20.4. The number of H-pyrrole nitrogens is 1. The third-order valence-corrected chi connectivity index (χ3v) is 5.94. The van der Waals surface area contributed by atoms with Gasteiger partial charge in [-0.05, 0) is 32.0 Å². The van der Waals surface area contributed by atoms with E-state index in [1.807, 2.05) is 38.2 Å². The molecule has 4 rings (SSSR count). The highest BCUT2D eigenvalue weighted by Crippen LogP contribution is 2.34. The number of amides is 1. The molecule has 2 aromatic heterocycles. The molecule has 1 aliphatic heterocycles. The number of aliphatic hydroxyl groups is 1. The summed E-state index contributed by atoms with van der Waals surface area (Å²) in [5, 5.41) is 11.6. The number of carbonyl (C=O) groups excluding carboxylic acids is 1. The van der Waals surface area contributed by atoms with Gasteiger partial charge in [0.05, 0.1) is 23.0 Å². The van der Waals surface area contributed by atoms with E-state index >= 15 is 0 Å². The molecule has 0 radical (unpaired) electrons. The molecule has 3 aromatic rings. The standard InChI is InChI=1S/C21H24ClN5O3/c1-12-18(13-9-15(22)14-3-6-24-16(14)10-13)26-17(11-28)19(25-12)27-7-4-21(2,5-8-27)30-20(23)29/h3,6,9-10,24,28H,4-5,7-8,11H2,1-2H3,(H2,23,29). The number of hydrogen-bond donors (Lipinski definition) is 3. The van der Waals surface area contributed by atoms with E-state index in [1.165, 1.54) is 0 Å². The van der Waals surface area contributed by atoms with E-state index in [1.54, 1.807) is 0 Å². The van der Waals surface area contributed by atoms with Gasteiger partial charge in [0.25, 0.3) is 0 Å². The number of anilines is 1. The van der Waals surface area contributed by atoms with Gasteiger partial charge in [-0.25, -0.2) is 14.8 Å². The Balaban J connectivity index is 1.65. The number of aryl methyl sites for hydroxylation is 1. The number of carbonyl (C=O) groups is 1. The Kier molecular flexibility index (Phi) is 5.29. The second-order valence-electron chi connectivity index (χ2n) is 7.84. The smallest absolute Gasteiger partial charge is 0.405 e. The van der Waals surface area contributed by atoms with Crippen LogP contribution in [-0.4, -0.2) is 44.8 Å². The predicted octanol–water partition coefficient (Wildman–Crippen LogP) is 3.53. The van der Waals surface area contributed by atoms with Crippen molar-refractivity contribution in [2.75, 3.05) is 18.0 Å². The molecule has 9 heteroatoms. The fraction of sp³-hybridized carbons (Fsp3) is 0.381. The van der Waals surface area contributed by atoms with Crippen molar-refractivity contribution in [2.24, 2.45) is 5.73 Å². The Morgan fingerprint density at radius 3 is 2.77 bits per heavy atom. The van der Waals surface area contributed by atoms with Crippen LogP contribution in [0.25, 0.3) is 22.2 Å². The minimum absolute atomic E-state index is 0.236. The van der Waals surface area contributed by atoms with Crippen LogP contribution in [-0.2, 0) is 11.3 Å². The van der Waals surface area contributed by atoms with Gasteiger partial charge in [0.1, 0.15) is 11.3 Å². The van der Waals surface area contributed by atoms with E-state index in [4.69, 9.17) is 32.0 Å². The normalized spacial score (nSPS) is 16.1. The lowest BCUT2D eigenvalue weighted by atomic mass is 9.93. The first-order valence-corrected chi connectivity index (χ1v) is 10.2. The molecule has 158 valence electrons. The number of rotatable bonds is 4. The first-order chi connectivity index (χ1) is 14.3. The summed E-state index contributed by atoms with van der Waals surface area (Å²) in [7, 11) is 0. The number of aromatic amines is 1. The molecule has 0 atom stereocenters. The maximum atomic E-state index is 11.1. The highest BCUT2D eigenvalue weighted by molar-refractivity contribution is 6.35. The number of hydrogen-bond acceptors (Lipinski definition) is 6. The van der Waals surface area contributed by atoms with Gasteiger partial charge in [0.2, 0.25) is 0 Å². The van der Waals surface area contributed by atoms with Crippen LogP contribution in [0, 0.1) is 6.92 Å². The van der Waals surface area contributed by atoms with Gasteiger partial charge in [-0.1, -0.05) is 11.6 Å². The van der Waals surface area contributed by atoms with Crippen LogP contribution in [0.1, 0.15) is 31.2 Å². The molecule has 4 N–H and O–H groups in total. The molecule has 8 nitrogen and oxygen atoms in total. The number of piperidine rings is 1. The zero-order valence-corrected chi connectivity index (χ0v) is 17.7. The minimum Gasteiger partial charge on any atom is -0.443 e. The van der Waals surface area contributed by atoms with E-state index in [2.05, 4.69) is 9.88 Å². The van der Waals surface area contributed by atoms with Crippen LogP contribution in [0.2, 0.25) is 5.02 Å². The zero-order chi connectivity index (χ0) is 21.5. The molecule has 1 fully saturated rings. The van der Waals surface area contributed by atoms with E-state index in [0.717, 1.165) is 22.2 Å². The van der Waals surface area contributed by atoms with Gasteiger partial charge >= 0.3 is 6.09 Å². The molecule has 3 heterocycles. The fourth-order valence-corrected chi connectivity index (χ4v) is 4.25. The number of aromatic nitrogens is 3. The van der Waals surface area contributed by atoms with Crippen LogP contribution in [0.5, 0.6) is 0 Å². The molecule has 0 spiro atoms. The quantitative estimate of drug-likeness (QED) is 0.584. The molecule has 1 aliphatic rings. The average molecular weight is 430 g/mol. The summed E-state index contributed by atoms with van der Waals surface area (Å²) in [5.41, 5.74) is 8.27. The number of ether oxygens (including phenoxy) is 1. The highest BCUT2D eigenvalue weighted by Gasteiger charge is 2.34. The van der Waals surface area contributed by atoms with Crippen LogP contribution >= 0.6 is 11.6 Å². The summed E-state index contributed by atoms with van der Waals surface area (Å²) in [5.74, 6) is 0.645. The third-order valence-electron chi connectivity index (χ3n) is 5.63. The van der Waals surface area contributed by atoms with Gasteiger partial charge < -0.3 is 25.5 Å². The van der Waals surface area contributed by atoms with Crippen molar-refractivity contribution < 1.29 is 14.6 Å². The molecule has 30 heavy (non-hydrogen) atoms. The molecule has 0 bridgehead atoms. The summed E-state index contributed by atoms with van der Waals surface area (Å²) < 4.78 is 5.27. The summed E-state index contributed by atoms with van der Waals surface area (Å²) in [6, 6.07) is 5.77. The number of benzene rings is 1. The number of nitrogens with zero attached hydrogens (tertiary/aromatic N) is 3. The second-order valence-corrected chi connectivity index (χ2v) is 8.25. The third kappa shape index (κ3) is 3.80. The topological polar surface area (TPSA) is 117 Å². The lowest BCUT2D eigenvalue weighted by Gasteiger charge is -2.39. The zero-order valence-electron chi connectivity index (χ0n) is 16.9. The number of primary amides is 1. The highest BCUT2D eigenvalue weighted by atomic mass is 35.5. The first-order valence-electron chi connectivity index (χ1n) is 9.78. The number of aliphatic hydroxyl groups excluding tert-OH is 1. The van der Waals surface area contributed by atoms with Crippen molar-refractivity contribution >= 4 is 34.4 Å². The van der Waals surface area contributed by atoms with Gasteiger partial charge in [0, 0.05) is 48.6 Å². The van der Waals surface area contributed by atoms with Crippen molar-refractivity contribution in [3.8, 4) is 11.3 Å². The molecule has 0 saturated carbocycles. The van der Waals surface area contributed by atoms with Crippen molar-refractivity contribution in [1.82, 2.24) is 15.0 Å². The van der Waals surface area contributed by atoms with E-state index in [9.17, 15) is 9.90 Å². The second kappa shape index (κ2) is 7.77. The fourth-order valence-electron chi connectivity index (χ4n) is 3.97. The van der Waals surface area contributed by atoms with E-state index in [-0.39, 0.29) is 6.61 Å². The largest absolute Gasteiger partial charge is 0.443 e. The van der Waals surface area contributed by atoms with Gasteiger partial charge in [-0.15, -0.1) is 0 Å². The summed E-state index contributed by atoms with van der Waals surface area (Å²) >= 11 is 6.42. The van der Waals surface area contributed by atoms with Crippen LogP contribution in [0.4, 0.5) is 10.6 Å². The maximum Gasteiger partial charge on any atom is 0.405 e. The summed E-state index contributed by atoms with van der Waals surface area (Å²) in [4.78, 5) is 25.9. The monoisotopic (exact) mass is 429 g/mol. The molecular weight excluding hydrogens is 406 g/mol. The van der Waals surface area contributed by atoms with Crippen molar-refractivity contribution in [2.45, 2.75) is 38.9 Å². The lowest BCUT2D eigenvalue weighted by molar-refractivity contribution is 0.0126. The SMILES string of the molecule is Cc1nc(N2CCC(C)(OC(N)=O)CC2)c(CO)nc1-c1cc(Cl)c2cc[nH]c2c1. The average Bonchev–Trinajstić information content (AvgIpc) is 3.17. The summed E-state index contributed by atoms with van der Waals surface area (Å²) in [6.45, 7) is 4.77. The predicted molar refractivity (Wildman–Crippen MR) is 116 cm³/mol. The van der Waals surface area contributed by atoms with Crippen molar-refractivity contribution in [1.29, 1.82) is 0 Å². The number of halogens is 1. The Bertz CT molecular complexity index is 1110. The minimum atomic E-state index is -0.764. The van der Waals surface area contributed by atoms with Crippen LogP contribution < -0.4 is 10.6 Å². The molecule has 1 amide bonds. The Morgan fingerprint density at radius 1 is 1.37 bits per heavy atom. The Labute approximate surface area is 179 Å². The van der Waals surface area contributed by atoms with Crippen molar-refractivity contribution in [3.63, 3.8) is 0 Å². The molecule has 0 unspecified atom stereocenters. The molecule has 0 aliphatic carbocycles. The van der Waals surface area contributed by atoms with Crippen LogP contribution in [0.3, 0.4) is 0 Å². The van der Waals surface area contributed by atoms with Gasteiger partial charge in [-0.3, -0.25) is 0 Å². The molecule has 1 aromatic carbocycles. The molecule has 1 saturated heterocycles. The molecular formula is C21H24ClN5O3. The lowest BCUT2D eigenvalue weighted by Crippen LogP contribution is -2.46.